The average molecular weight is 477 g/mol. The fraction of sp³-hybridized carbons (Fsp3) is 0.0833. The second kappa shape index (κ2) is 9.36. The number of carbonyl (C=O) groups is 1. The van der Waals surface area contributed by atoms with Crippen molar-refractivity contribution in [3.8, 4) is 10.4 Å². The SMILES string of the molecule is O=C(NCc1ccc(F)c(F)c1)c1cccnc1NCc1ccc(-c2cnc3[nH]ncc3c2)s1. The quantitative estimate of drug-likeness (QED) is 0.311. The fourth-order valence-electron chi connectivity index (χ4n) is 3.43. The third-order valence-corrected chi connectivity index (χ3v) is 6.29. The maximum atomic E-state index is 13.4. The molecular formula is C24H18F2N6OS. The first kappa shape index (κ1) is 21.7. The summed E-state index contributed by atoms with van der Waals surface area (Å²) >= 11 is 1.61. The second-order valence-corrected chi connectivity index (χ2v) is 8.65. The zero-order valence-electron chi connectivity index (χ0n) is 17.7. The largest absolute Gasteiger partial charge is 0.365 e. The number of aromatic nitrogens is 4. The molecule has 4 aromatic heterocycles. The lowest BCUT2D eigenvalue weighted by atomic mass is 10.2. The first-order valence-corrected chi connectivity index (χ1v) is 11.2. The number of benzene rings is 1. The van der Waals surface area contributed by atoms with Crippen molar-refractivity contribution in [3.63, 3.8) is 0 Å². The summed E-state index contributed by atoms with van der Waals surface area (Å²) in [5, 5.41) is 13.7. The van der Waals surface area contributed by atoms with Gasteiger partial charge in [0.05, 0.1) is 18.3 Å². The Bertz CT molecular complexity index is 1480. The number of nitrogens with one attached hydrogen (secondary N) is 3. The van der Waals surface area contributed by atoms with E-state index in [1.54, 1.807) is 42.1 Å². The number of hydrogen-bond acceptors (Lipinski definition) is 6. The molecule has 0 fully saturated rings. The summed E-state index contributed by atoms with van der Waals surface area (Å²) < 4.78 is 26.5. The number of hydrogen-bond donors (Lipinski definition) is 3. The van der Waals surface area contributed by atoms with Gasteiger partial charge in [-0.3, -0.25) is 9.89 Å². The van der Waals surface area contributed by atoms with Gasteiger partial charge in [-0.05, 0) is 48.0 Å². The maximum absolute atomic E-state index is 13.4. The van der Waals surface area contributed by atoms with E-state index in [1.807, 2.05) is 18.2 Å². The van der Waals surface area contributed by atoms with Gasteiger partial charge in [-0.25, -0.2) is 18.7 Å². The number of carbonyl (C=O) groups excluding carboxylic acids is 1. The van der Waals surface area contributed by atoms with Gasteiger partial charge in [0.2, 0.25) is 0 Å². The van der Waals surface area contributed by atoms with Gasteiger partial charge in [0.1, 0.15) is 5.82 Å². The molecule has 0 saturated heterocycles. The van der Waals surface area contributed by atoms with Gasteiger partial charge < -0.3 is 10.6 Å². The van der Waals surface area contributed by atoms with Gasteiger partial charge >= 0.3 is 0 Å². The minimum Gasteiger partial charge on any atom is -0.365 e. The van der Waals surface area contributed by atoms with E-state index in [-0.39, 0.29) is 12.5 Å². The summed E-state index contributed by atoms with van der Waals surface area (Å²) in [7, 11) is 0. The molecule has 10 heteroatoms. The molecule has 0 atom stereocenters. The van der Waals surface area contributed by atoms with E-state index < -0.39 is 11.6 Å². The highest BCUT2D eigenvalue weighted by molar-refractivity contribution is 7.15. The van der Waals surface area contributed by atoms with E-state index in [2.05, 4.69) is 30.8 Å². The van der Waals surface area contributed by atoms with Crippen LogP contribution in [0, 0.1) is 11.6 Å². The molecule has 7 nitrogen and oxygen atoms in total. The lowest BCUT2D eigenvalue weighted by Gasteiger charge is -2.11. The Morgan fingerprint density at radius 1 is 1.00 bits per heavy atom. The number of fused-ring (bicyclic) bond motifs is 1. The number of thiophene rings is 1. The molecule has 3 N–H and O–H groups in total. The Balaban J connectivity index is 1.25. The number of rotatable bonds is 7. The van der Waals surface area contributed by atoms with E-state index in [9.17, 15) is 13.6 Å². The molecule has 0 aliphatic rings. The van der Waals surface area contributed by atoms with Crippen molar-refractivity contribution in [3.05, 3.63) is 94.8 Å². The summed E-state index contributed by atoms with van der Waals surface area (Å²) in [5.74, 6) is -1.82. The van der Waals surface area contributed by atoms with Gasteiger partial charge in [-0.1, -0.05) is 6.07 Å². The van der Waals surface area contributed by atoms with Crippen LogP contribution in [0.5, 0.6) is 0 Å². The van der Waals surface area contributed by atoms with Crippen LogP contribution in [-0.2, 0) is 13.1 Å². The number of pyridine rings is 2. The van der Waals surface area contributed by atoms with Crippen LogP contribution in [0.1, 0.15) is 20.8 Å². The molecule has 5 aromatic rings. The molecule has 5 rings (SSSR count). The topological polar surface area (TPSA) is 95.6 Å². The minimum atomic E-state index is -0.953. The Kier molecular flexibility index (Phi) is 5.96. The molecular weight excluding hydrogens is 458 g/mol. The van der Waals surface area contributed by atoms with Gasteiger partial charge in [0.25, 0.3) is 5.91 Å². The molecule has 0 aliphatic carbocycles. The first-order chi connectivity index (χ1) is 16.6. The molecule has 34 heavy (non-hydrogen) atoms. The van der Waals surface area contributed by atoms with Crippen LogP contribution in [0.2, 0.25) is 0 Å². The zero-order valence-corrected chi connectivity index (χ0v) is 18.5. The van der Waals surface area contributed by atoms with Crippen LogP contribution in [0.25, 0.3) is 21.5 Å². The number of aromatic amines is 1. The summed E-state index contributed by atoms with van der Waals surface area (Å²) in [6, 6.07) is 12.9. The van der Waals surface area contributed by atoms with Crippen LogP contribution in [-0.4, -0.2) is 26.1 Å². The van der Waals surface area contributed by atoms with E-state index in [1.165, 1.54) is 6.07 Å². The van der Waals surface area contributed by atoms with Crippen molar-refractivity contribution in [2.75, 3.05) is 5.32 Å². The van der Waals surface area contributed by atoms with E-state index in [4.69, 9.17) is 0 Å². The van der Waals surface area contributed by atoms with Crippen molar-refractivity contribution >= 4 is 34.1 Å². The molecule has 0 saturated carbocycles. The zero-order chi connectivity index (χ0) is 23.5. The van der Waals surface area contributed by atoms with E-state index in [0.29, 0.717) is 23.5 Å². The Morgan fingerprint density at radius 3 is 2.79 bits per heavy atom. The van der Waals surface area contributed by atoms with E-state index >= 15 is 0 Å². The molecule has 1 aromatic carbocycles. The molecule has 170 valence electrons. The number of H-pyrrole nitrogens is 1. The third kappa shape index (κ3) is 4.62. The van der Waals surface area contributed by atoms with Crippen LogP contribution in [0.3, 0.4) is 0 Å². The molecule has 0 aliphatic heterocycles. The highest BCUT2D eigenvalue weighted by Crippen LogP contribution is 2.29. The lowest BCUT2D eigenvalue weighted by molar-refractivity contribution is 0.0951. The molecule has 1 amide bonds. The number of amides is 1. The summed E-state index contributed by atoms with van der Waals surface area (Å²) in [6.07, 6.45) is 5.14. The van der Waals surface area contributed by atoms with Gasteiger partial charge in [-0.2, -0.15) is 5.10 Å². The number of nitrogens with zero attached hydrogens (tertiary/aromatic N) is 3. The monoisotopic (exact) mass is 476 g/mol. The smallest absolute Gasteiger partial charge is 0.255 e. The van der Waals surface area contributed by atoms with Gasteiger partial charge in [0, 0.05) is 39.6 Å². The standard InChI is InChI=1S/C24H18F2N6OS/c25-19-5-3-14(8-20(19)26)10-30-24(33)18-2-1-7-27-23(18)29-13-17-4-6-21(34-17)15-9-16-12-31-32-22(16)28-11-15/h1-9,11-12H,10,13H2,(H,27,29)(H,30,33)(H,28,31,32). The summed E-state index contributed by atoms with van der Waals surface area (Å²) in [5.41, 5.74) is 2.56. The number of halogens is 2. The van der Waals surface area contributed by atoms with Crippen LogP contribution >= 0.6 is 11.3 Å². The van der Waals surface area contributed by atoms with Crippen LogP contribution < -0.4 is 10.6 Å². The van der Waals surface area contributed by atoms with E-state index in [0.717, 1.165) is 38.5 Å². The Morgan fingerprint density at radius 2 is 1.91 bits per heavy atom. The second-order valence-electron chi connectivity index (χ2n) is 7.48. The fourth-order valence-corrected chi connectivity index (χ4v) is 4.36. The predicted molar refractivity (Wildman–Crippen MR) is 126 cm³/mol. The van der Waals surface area contributed by atoms with Gasteiger partial charge in [-0.15, -0.1) is 11.3 Å². The van der Waals surface area contributed by atoms with Crippen LogP contribution in [0.4, 0.5) is 14.6 Å². The molecule has 0 bridgehead atoms. The first-order valence-electron chi connectivity index (χ1n) is 10.4. The predicted octanol–water partition coefficient (Wildman–Crippen LogP) is 4.90. The molecule has 0 unspecified atom stereocenters. The normalized spacial score (nSPS) is 11.0. The highest BCUT2D eigenvalue weighted by atomic mass is 32.1. The summed E-state index contributed by atoms with van der Waals surface area (Å²) in [6.45, 7) is 0.542. The molecule has 0 spiro atoms. The minimum absolute atomic E-state index is 0.0632. The summed E-state index contributed by atoms with van der Waals surface area (Å²) in [4.78, 5) is 23.5. The molecule has 0 radical (unpaired) electrons. The Labute approximate surface area is 196 Å². The average Bonchev–Trinajstić information content (AvgIpc) is 3.52. The van der Waals surface area contributed by atoms with Crippen molar-refractivity contribution < 1.29 is 13.6 Å². The lowest BCUT2D eigenvalue weighted by Crippen LogP contribution is -2.24. The Hall–Kier alpha value is -4.18. The molecule has 4 heterocycles. The van der Waals surface area contributed by atoms with Crippen molar-refractivity contribution in [2.45, 2.75) is 13.1 Å². The van der Waals surface area contributed by atoms with Crippen molar-refractivity contribution in [2.24, 2.45) is 0 Å². The van der Waals surface area contributed by atoms with Crippen LogP contribution in [0.15, 0.2) is 67.1 Å². The van der Waals surface area contributed by atoms with Crippen molar-refractivity contribution in [1.82, 2.24) is 25.5 Å². The van der Waals surface area contributed by atoms with Crippen molar-refractivity contribution in [1.29, 1.82) is 0 Å². The van der Waals surface area contributed by atoms with Gasteiger partial charge in [0.15, 0.2) is 17.3 Å². The highest BCUT2D eigenvalue weighted by Gasteiger charge is 2.13. The number of anilines is 1. The maximum Gasteiger partial charge on any atom is 0.255 e. The third-order valence-electron chi connectivity index (χ3n) is 5.16.